The Hall–Kier alpha value is -0.640. The molecular formula is C14H11BrCl2N2. The predicted octanol–water partition coefficient (Wildman–Crippen LogP) is 5.17. The Kier molecular flexibility index (Phi) is 3.79. The van der Waals surface area contributed by atoms with E-state index in [1.54, 1.807) is 0 Å². The van der Waals surface area contributed by atoms with Gasteiger partial charge in [0.05, 0.1) is 5.56 Å². The van der Waals surface area contributed by atoms with E-state index < -0.39 is 0 Å². The maximum Gasteiger partial charge on any atom is 0.142 e. The number of hydrogen-bond donors (Lipinski definition) is 0. The average molecular weight is 358 g/mol. The largest absolute Gasteiger partial charge is 0.220 e. The second-order valence-corrected chi connectivity index (χ2v) is 6.29. The summed E-state index contributed by atoms with van der Waals surface area (Å²) in [5, 5.41) is 0.838. The summed E-state index contributed by atoms with van der Waals surface area (Å²) >= 11 is 16.1. The highest BCUT2D eigenvalue weighted by atomic mass is 79.9. The van der Waals surface area contributed by atoms with Crippen LogP contribution in [0.1, 0.15) is 18.7 Å². The highest BCUT2D eigenvalue weighted by Gasteiger charge is 2.24. The summed E-state index contributed by atoms with van der Waals surface area (Å²) in [4.78, 5) is 8.76. The fraction of sp³-hybridized carbons (Fsp3) is 0.286. The van der Waals surface area contributed by atoms with E-state index in [0.717, 1.165) is 22.3 Å². The van der Waals surface area contributed by atoms with Gasteiger partial charge in [-0.1, -0.05) is 57.3 Å². The van der Waals surface area contributed by atoms with E-state index in [2.05, 4.69) is 25.9 Å². The lowest BCUT2D eigenvalue weighted by Crippen LogP contribution is -2.00. The van der Waals surface area contributed by atoms with Crippen LogP contribution in [0.2, 0.25) is 10.3 Å². The molecule has 0 aliphatic heterocycles. The molecule has 0 saturated heterocycles. The molecule has 1 fully saturated rings. The minimum absolute atomic E-state index is 0.419. The molecule has 0 bridgehead atoms. The summed E-state index contributed by atoms with van der Waals surface area (Å²) in [6.07, 6.45) is 3.38. The number of nitrogens with zero attached hydrogens (tertiary/aromatic N) is 2. The highest BCUT2D eigenvalue weighted by Crippen LogP contribution is 2.38. The molecule has 1 aliphatic carbocycles. The summed E-state index contributed by atoms with van der Waals surface area (Å²) in [6, 6.07) is 7.77. The van der Waals surface area contributed by atoms with Gasteiger partial charge in [-0.3, -0.25) is 0 Å². The molecule has 1 heterocycles. The zero-order valence-electron chi connectivity index (χ0n) is 10.0. The summed E-state index contributed by atoms with van der Waals surface area (Å²) in [7, 11) is 0. The van der Waals surface area contributed by atoms with Crippen LogP contribution in [0.4, 0.5) is 0 Å². The van der Waals surface area contributed by atoms with Crippen molar-refractivity contribution < 1.29 is 0 Å². The SMILES string of the molecule is Clc1nc(CC2CC2)nc(Cl)c1-c1ccccc1Br. The number of aromatic nitrogens is 2. The third kappa shape index (κ3) is 2.93. The van der Waals surface area contributed by atoms with E-state index in [1.807, 2.05) is 24.3 Å². The lowest BCUT2D eigenvalue weighted by atomic mass is 10.1. The molecule has 1 saturated carbocycles. The van der Waals surface area contributed by atoms with Crippen LogP contribution in [0.5, 0.6) is 0 Å². The Balaban J connectivity index is 2.04. The predicted molar refractivity (Wildman–Crippen MR) is 81.6 cm³/mol. The van der Waals surface area contributed by atoms with Gasteiger partial charge in [-0.15, -0.1) is 0 Å². The van der Waals surface area contributed by atoms with Crippen LogP contribution >= 0.6 is 39.1 Å². The van der Waals surface area contributed by atoms with Crippen LogP contribution < -0.4 is 0 Å². The molecule has 1 aromatic carbocycles. The van der Waals surface area contributed by atoms with Gasteiger partial charge in [0.2, 0.25) is 0 Å². The summed E-state index contributed by atoms with van der Waals surface area (Å²) < 4.78 is 0.928. The van der Waals surface area contributed by atoms with Gasteiger partial charge in [0.15, 0.2) is 0 Å². The fourth-order valence-corrected chi connectivity index (χ4v) is 3.12. The number of hydrogen-bond acceptors (Lipinski definition) is 2. The van der Waals surface area contributed by atoms with Gasteiger partial charge in [0, 0.05) is 16.5 Å². The van der Waals surface area contributed by atoms with Crippen LogP contribution in [0.3, 0.4) is 0 Å². The third-order valence-electron chi connectivity index (χ3n) is 3.18. The molecule has 98 valence electrons. The molecule has 5 heteroatoms. The van der Waals surface area contributed by atoms with E-state index in [-0.39, 0.29) is 0 Å². The first-order valence-electron chi connectivity index (χ1n) is 6.12. The third-order valence-corrected chi connectivity index (χ3v) is 4.42. The average Bonchev–Trinajstić information content (AvgIpc) is 3.14. The number of halogens is 3. The van der Waals surface area contributed by atoms with E-state index in [0.29, 0.717) is 21.8 Å². The first-order chi connectivity index (χ1) is 9.15. The summed E-state index contributed by atoms with van der Waals surface area (Å²) in [5.41, 5.74) is 1.60. The van der Waals surface area contributed by atoms with Crippen LogP contribution in [-0.4, -0.2) is 9.97 Å². The molecule has 0 radical (unpaired) electrons. The Morgan fingerprint density at radius 1 is 1.11 bits per heavy atom. The zero-order chi connectivity index (χ0) is 13.4. The Morgan fingerprint density at radius 3 is 2.32 bits per heavy atom. The second kappa shape index (κ2) is 5.39. The van der Waals surface area contributed by atoms with Crippen molar-refractivity contribution in [1.29, 1.82) is 0 Å². The molecule has 0 amide bonds. The van der Waals surface area contributed by atoms with Gasteiger partial charge in [0.25, 0.3) is 0 Å². The van der Waals surface area contributed by atoms with E-state index in [9.17, 15) is 0 Å². The van der Waals surface area contributed by atoms with E-state index in [4.69, 9.17) is 23.2 Å². The molecule has 0 unspecified atom stereocenters. The monoisotopic (exact) mass is 356 g/mol. The van der Waals surface area contributed by atoms with Crippen molar-refractivity contribution in [3.63, 3.8) is 0 Å². The second-order valence-electron chi connectivity index (χ2n) is 4.72. The molecule has 0 atom stereocenters. The van der Waals surface area contributed by atoms with Crippen molar-refractivity contribution in [1.82, 2.24) is 9.97 Å². The molecule has 3 rings (SSSR count). The molecule has 0 spiro atoms. The van der Waals surface area contributed by atoms with Gasteiger partial charge >= 0.3 is 0 Å². The first-order valence-corrected chi connectivity index (χ1v) is 7.67. The molecule has 1 aliphatic rings. The van der Waals surface area contributed by atoms with Gasteiger partial charge in [0.1, 0.15) is 16.1 Å². The summed E-state index contributed by atoms with van der Waals surface area (Å²) in [5.74, 6) is 1.45. The Bertz CT molecular complexity index is 604. The van der Waals surface area contributed by atoms with Crippen molar-refractivity contribution in [2.45, 2.75) is 19.3 Å². The lowest BCUT2D eigenvalue weighted by molar-refractivity contribution is 0.770. The van der Waals surface area contributed by atoms with Crippen molar-refractivity contribution in [2.75, 3.05) is 0 Å². The minimum Gasteiger partial charge on any atom is -0.220 e. The highest BCUT2D eigenvalue weighted by molar-refractivity contribution is 9.10. The van der Waals surface area contributed by atoms with Crippen LogP contribution in [0, 0.1) is 5.92 Å². The van der Waals surface area contributed by atoms with Gasteiger partial charge in [-0.2, -0.15) is 0 Å². The molecule has 19 heavy (non-hydrogen) atoms. The van der Waals surface area contributed by atoms with Crippen molar-refractivity contribution in [3.8, 4) is 11.1 Å². The lowest BCUT2D eigenvalue weighted by Gasteiger charge is -2.09. The maximum absolute atomic E-state index is 6.29. The smallest absolute Gasteiger partial charge is 0.142 e. The Morgan fingerprint density at radius 2 is 1.74 bits per heavy atom. The van der Waals surface area contributed by atoms with Gasteiger partial charge in [-0.05, 0) is 24.8 Å². The Labute approximate surface area is 130 Å². The van der Waals surface area contributed by atoms with Crippen LogP contribution in [0.25, 0.3) is 11.1 Å². The topological polar surface area (TPSA) is 25.8 Å². The van der Waals surface area contributed by atoms with Crippen molar-refractivity contribution in [2.24, 2.45) is 5.92 Å². The van der Waals surface area contributed by atoms with E-state index in [1.165, 1.54) is 12.8 Å². The van der Waals surface area contributed by atoms with Crippen LogP contribution in [-0.2, 0) is 6.42 Å². The minimum atomic E-state index is 0.419. The fourth-order valence-electron chi connectivity index (χ4n) is 2.01. The quantitative estimate of drug-likeness (QED) is 0.708. The molecule has 2 aromatic rings. The molecule has 2 nitrogen and oxygen atoms in total. The molecule has 0 N–H and O–H groups in total. The van der Waals surface area contributed by atoms with Gasteiger partial charge in [-0.25, -0.2) is 9.97 Å². The first kappa shape index (κ1) is 13.3. The van der Waals surface area contributed by atoms with Crippen LogP contribution in [0.15, 0.2) is 28.7 Å². The normalized spacial score (nSPS) is 14.7. The van der Waals surface area contributed by atoms with Crippen molar-refractivity contribution in [3.05, 3.63) is 44.9 Å². The number of rotatable bonds is 3. The zero-order valence-corrected chi connectivity index (χ0v) is 13.1. The van der Waals surface area contributed by atoms with Gasteiger partial charge < -0.3 is 0 Å². The number of benzene rings is 1. The standard InChI is InChI=1S/C14H11BrCl2N2/c15-10-4-2-1-3-9(10)12-13(16)18-11(19-14(12)17)7-8-5-6-8/h1-4,8H,5-7H2. The maximum atomic E-state index is 6.29. The van der Waals surface area contributed by atoms with Crippen molar-refractivity contribution >= 4 is 39.1 Å². The van der Waals surface area contributed by atoms with E-state index >= 15 is 0 Å². The molecular weight excluding hydrogens is 347 g/mol. The summed E-state index contributed by atoms with van der Waals surface area (Å²) in [6.45, 7) is 0. The molecule has 1 aromatic heterocycles.